The number of aromatic nitrogens is 2. The van der Waals surface area contributed by atoms with Gasteiger partial charge in [0.2, 0.25) is 5.78 Å². The van der Waals surface area contributed by atoms with Crippen LogP contribution in [-0.4, -0.2) is 21.5 Å². The second kappa shape index (κ2) is 8.67. The van der Waals surface area contributed by atoms with Gasteiger partial charge in [-0.25, -0.2) is 4.79 Å². The zero-order valence-electron chi connectivity index (χ0n) is 15.4. The molecule has 0 saturated carbocycles. The minimum absolute atomic E-state index is 0.128. The molecule has 3 rings (SSSR count). The second-order valence-electron chi connectivity index (χ2n) is 6.27. The van der Waals surface area contributed by atoms with Crippen LogP contribution in [0.5, 0.6) is 5.75 Å². The smallest absolute Gasteiger partial charge is 0.332 e. The number of rotatable bonds is 6. The van der Waals surface area contributed by atoms with Crippen LogP contribution in [0.25, 0.3) is 0 Å². The van der Waals surface area contributed by atoms with Gasteiger partial charge in [0.25, 0.3) is 5.56 Å². The first-order valence-electron chi connectivity index (χ1n) is 8.54. The molecule has 0 aliphatic rings. The third-order valence-corrected chi connectivity index (χ3v) is 5.15. The Balaban J connectivity index is 1.94. The van der Waals surface area contributed by atoms with E-state index in [2.05, 4.69) is 15.9 Å². The van der Waals surface area contributed by atoms with E-state index in [1.54, 1.807) is 18.2 Å². The van der Waals surface area contributed by atoms with Crippen LogP contribution < -0.4 is 21.7 Å². The van der Waals surface area contributed by atoms with Crippen molar-refractivity contribution in [2.24, 2.45) is 7.05 Å². The number of nitrogens with zero attached hydrogens (tertiary/aromatic N) is 2. The molecule has 0 aliphatic carbocycles. The van der Waals surface area contributed by atoms with Gasteiger partial charge in [-0.2, -0.15) is 0 Å². The van der Waals surface area contributed by atoms with E-state index in [1.165, 1.54) is 11.6 Å². The Hall–Kier alpha value is -2.84. The van der Waals surface area contributed by atoms with Crippen LogP contribution >= 0.6 is 27.5 Å². The summed E-state index contributed by atoms with van der Waals surface area (Å²) in [5, 5.41) is 0.502. The topological polar surface area (TPSA) is 96.3 Å². The number of nitrogen functional groups attached to an aromatic ring is 1. The van der Waals surface area contributed by atoms with Gasteiger partial charge in [0, 0.05) is 12.1 Å². The van der Waals surface area contributed by atoms with Gasteiger partial charge >= 0.3 is 5.69 Å². The summed E-state index contributed by atoms with van der Waals surface area (Å²) in [5.74, 6) is -0.437. The Morgan fingerprint density at radius 2 is 1.86 bits per heavy atom. The minimum Gasteiger partial charge on any atom is -0.484 e. The lowest BCUT2D eigenvalue weighted by Crippen LogP contribution is -2.43. The minimum atomic E-state index is -0.763. The van der Waals surface area contributed by atoms with Gasteiger partial charge in [-0.05, 0) is 39.7 Å². The standard InChI is InChI=1S/C20H17BrClN3O4/c1-24-19(27)17(15(26)11-29-16-8-7-13(22)9-14(16)21)18(23)25(20(24)28)10-12-5-3-2-4-6-12/h2-9H,10-11,23H2,1H3. The lowest BCUT2D eigenvalue weighted by molar-refractivity contribution is 0.0919. The molecule has 9 heteroatoms. The first-order chi connectivity index (χ1) is 13.8. The Labute approximate surface area is 179 Å². The van der Waals surface area contributed by atoms with Gasteiger partial charge in [0.05, 0.1) is 11.0 Å². The van der Waals surface area contributed by atoms with Crippen molar-refractivity contribution in [2.75, 3.05) is 12.3 Å². The van der Waals surface area contributed by atoms with E-state index in [-0.39, 0.29) is 17.9 Å². The van der Waals surface area contributed by atoms with E-state index < -0.39 is 23.6 Å². The number of benzene rings is 2. The number of carbonyl (C=O) groups excluding carboxylic acids is 1. The molecule has 0 amide bonds. The number of anilines is 1. The monoisotopic (exact) mass is 477 g/mol. The van der Waals surface area contributed by atoms with Crippen LogP contribution in [-0.2, 0) is 13.6 Å². The maximum absolute atomic E-state index is 12.7. The van der Waals surface area contributed by atoms with Gasteiger partial charge in [0.15, 0.2) is 6.61 Å². The molecule has 2 aromatic carbocycles. The zero-order valence-corrected chi connectivity index (χ0v) is 17.7. The number of nitrogens with two attached hydrogens (primary N) is 1. The number of ketones is 1. The quantitative estimate of drug-likeness (QED) is 0.550. The fourth-order valence-corrected chi connectivity index (χ4v) is 3.57. The summed E-state index contributed by atoms with van der Waals surface area (Å²) < 4.78 is 8.13. The van der Waals surface area contributed by atoms with Crippen molar-refractivity contribution in [2.45, 2.75) is 6.54 Å². The maximum Gasteiger partial charge on any atom is 0.332 e. The highest BCUT2D eigenvalue weighted by Gasteiger charge is 2.22. The predicted octanol–water partition coefficient (Wildman–Crippen LogP) is 2.86. The molecule has 0 aliphatic heterocycles. The number of ether oxygens (including phenoxy) is 1. The molecule has 150 valence electrons. The van der Waals surface area contributed by atoms with E-state index >= 15 is 0 Å². The number of Topliss-reactive ketones (excluding diaryl/α,β-unsaturated/α-hetero) is 1. The maximum atomic E-state index is 12.7. The fourth-order valence-electron chi connectivity index (χ4n) is 2.77. The number of hydrogen-bond donors (Lipinski definition) is 1. The van der Waals surface area contributed by atoms with Crippen molar-refractivity contribution < 1.29 is 9.53 Å². The van der Waals surface area contributed by atoms with Crippen molar-refractivity contribution in [1.29, 1.82) is 0 Å². The molecular weight excluding hydrogens is 462 g/mol. The molecule has 1 aromatic heterocycles. The molecule has 2 N–H and O–H groups in total. The molecule has 0 atom stereocenters. The van der Waals surface area contributed by atoms with Gasteiger partial charge in [0.1, 0.15) is 17.1 Å². The van der Waals surface area contributed by atoms with Crippen LogP contribution in [0.3, 0.4) is 0 Å². The van der Waals surface area contributed by atoms with Crippen molar-refractivity contribution >= 4 is 39.1 Å². The summed E-state index contributed by atoms with van der Waals surface area (Å²) >= 11 is 9.18. The SMILES string of the molecule is Cn1c(=O)c(C(=O)COc2ccc(Cl)cc2Br)c(N)n(Cc2ccccc2)c1=O. The van der Waals surface area contributed by atoms with E-state index in [9.17, 15) is 14.4 Å². The zero-order chi connectivity index (χ0) is 21.1. The highest BCUT2D eigenvalue weighted by molar-refractivity contribution is 9.10. The molecule has 0 unspecified atom stereocenters. The van der Waals surface area contributed by atoms with Crippen LogP contribution in [0.4, 0.5) is 5.82 Å². The highest BCUT2D eigenvalue weighted by Crippen LogP contribution is 2.28. The molecule has 0 bridgehead atoms. The first kappa shape index (κ1) is 20.9. The number of hydrogen-bond acceptors (Lipinski definition) is 5. The summed E-state index contributed by atoms with van der Waals surface area (Å²) in [5.41, 5.74) is 5.22. The van der Waals surface area contributed by atoms with Gasteiger partial charge < -0.3 is 10.5 Å². The van der Waals surface area contributed by atoms with E-state index in [1.807, 2.05) is 30.3 Å². The van der Waals surface area contributed by atoms with Crippen LogP contribution in [0.15, 0.2) is 62.6 Å². The molecule has 0 fully saturated rings. The summed E-state index contributed by atoms with van der Waals surface area (Å²) in [6, 6.07) is 14.0. The molecule has 0 spiro atoms. The third kappa shape index (κ3) is 4.44. The first-order valence-corrected chi connectivity index (χ1v) is 9.71. The molecule has 0 radical (unpaired) electrons. The Bertz CT molecular complexity index is 1190. The lowest BCUT2D eigenvalue weighted by Gasteiger charge is -2.15. The summed E-state index contributed by atoms with van der Waals surface area (Å²) in [6.07, 6.45) is 0. The third-order valence-electron chi connectivity index (χ3n) is 4.30. The van der Waals surface area contributed by atoms with Gasteiger partial charge in [-0.3, -0.25) is 18.7 Å². The molecule has 0 saturated heterocycles. The molecule has 7 nitrogen and oxygen atoms in total. The average Bonchev–Trinajstić information content (AvgIpc) is 2.70. The highest BCUT2D eigenvalue weighted by atomic mass is 79.9. The van der Waals surface area contributed by atoms with Crippen LogP contribution in [0, 0.1) is 0 Å². The molecule has 3 aromatic rings. The van der Waals surface area contributed by atoms with Crippen LogP contribution in [0.1, 0.15) is 15.9 Å². The van der Waals surface area contributed by atoms with Crippen molar-refractivity contribution in [3.8, 4) is 5.75 Å². The van der Waals surface area contributed by atoms with Crippen molar-refractivity contribution in [1.82, 2.24) is 9.13 Å². The lowest BCUT2D eigenvalue weighted by atomic mass is 10.2. The number of halogens is 2. The summed E-state index contributed by atoms with van der Waals surface area (Å²) in [6.45, 7) is -0.299. The van der Waals surface area contributed by atoms with E-state index in [0.29, 0.717) is 15.2 Å². The summed E-state index contributed by atoms with van der Waals surface area (Å²) in [4.78, 5) is 37.8. The van der Waals surface area contributed by atoms with Crippen molar-refractivity contribution in [3.63, 3.8) is 0 Å². The van der Waals surface area contributed by atoms with Gasteiger partial charge in [-0.1, -0.05) is 41.9 Å². The molecule has 1 heterocycles. The molecule has 29 heavy (non-hydrogen) atoms. The van der Waals surface area contributed by atoms with E-state index in [0.717, 1.165) is 10.1 Å². The second-order valence-corrected chi connectivity index (χ2v) is 7.56. The van der Waals surface area contributed by atoms with Gasteiger partial charge in [-0.15, -0.1) is 0 Å². The Morgan fingerprint density at radius 1 is 1.17 bits per heavy atom. The molecular formula is C20H17BrClN3O4. The average molecular weight is 479 g/mol. The Kier molecular flexibility index (Phi) is 6.24. The summed E-state index contributed by atoms with van der Waals surface area (Å²) in [7, 11) is 1.30. The van der Waals surface area contributed by atoms with Crippen molar-refractivity contribution in [3.05, 3.63) is 90.0 Å². The predicted molar refractivity (Wildman–Crippen MR) is 115 cm³/mol. The van der Waals surface area contributed by atoms with E-state index in [4.69, 9.17) is 22.1 Å². The van der Waals surface area contributed by atoms with Crippen LogP contribution in [0.2, 0.25) is 5.02 Å². The Morgan fingerprint density at radius 3 is 2.52 bits per heavy atom. The normalized spacial score (nSPS) is 10.7. The number of carbonyl (C=O) groups is 1. The fraction of sp³-hybridized carbons (Fsp3) is 0.150. The largest absolute Gasteiger partial charge is 0.484 e.